The topological polar surface area (TPSA) is 65.1 Å². The standard InChI is InChI=1S/C15H23ClN4O/c1-15(2,3)20-8-6-19(7-9-20)13-5-4-11(10-12(13)16)14(17)18-21/h4-5,10,21H,6-9H2,1-3H3,(H2,17,18). The largest absolute Gasteiger partial charge is 0.409 e. The molecule has 1 aliphatic rings. The van der Waals surface area contributed by atoms with Crippen molar-refractivity contribution in [3.8, 4) is 0 Å². The minimum absolute atomic E-state index is 0.0704. The predicted octanol–water partition coefficient (Wildman–Crippen LogP) is 2.36. The van der Waals surface area contributed by atoms with Crippen LogP contribution in [0.15, 0.2) is 23.4 Å². The molecule has 6 heteroatoms. The molecule has 3 N–H and O–H groups in total. The summed E-state index contributed by atoms with van der Waals surface area (Å²) < 4.78 is 0. The molecule has 0 unspecified atom stereocenters. The lowest BCUT2D eigenvalue weighted by molar-refractivity contribution is 0.128. The fourth-order valence-corrected chi connectivity index (χ4v) is 2.90. The van der Waals surface area contributed by atoms with Gasteiger partial charge in [0.05, 0.1) is 10.7 Å². The number of halogens is 1. The molecule has 0 atom stereocenters. The maximum Gasteiger partial charge on any atom is 0.170 e. The van der Waals surface area contributed by atoms with Crippen molar-refractivity contribution in [3.05, 3.63) is 28.8 Å². The van der Waals surface area contributed by atoms with Crippen LogP contribution in [-0.2, 0) is 0 Å². The molecule has 1 fully saturated rings. The summed E-state index contributed by atoms with van der Waals surface area (Å²) in [5.41, 5.74) is 7.40. The average molecular weight is 311 g/mol. The van der Waals surface area contributed by atoms with Gasteiger partial charge in [0.2, 0.25) is 0 Å². The molecule has 0 aliphatic carbocycles. The van der Waals surface area contributed by atoms with E-state index in [1.807, 2.05) is 12.1 Å². The van der Waals surface area contributed by atoms with E-state index in [9.17, 15) is 0 Å². The summed E-state index contributed by atoms with van der Waals surface area (Å²) in [6.07, 6.45) is 0. The van der Waals surface area contributed by atoms with Crippen LogP contribution >= 0.6 is 11.6 Å². The summed E-state index contributed by atoms with van der Waals surface area (Å²) in [5, 5.41) is 12.3. The van der Waals surface area contributed by atoms with E-state index in [0.717, 1.165) is 31.9 Å². The second-order valence-electron chi connectivity index (χ2n) is 6.30. The predicted molar refractivity (Wildman–Crippen MR) is 87.5 cm³/mol. The van der Waals surface area contributed by atoms with E-state index >= 15 is 0 Å². The van der Waals surface area contributed by atoms with Crippen LogP contribution in [0.2, 0.25) is 5.02 Å². The summed E-state index contributed by atoms with van der Waals surface area (Å²) in [7, 11) is 0. The summed E-state index contributed by atoms with van der Waals surface area (Å²) in [6.45, 7) is 10.6. The Hall–Kier alpha value is -1.46. The van der Waals surface area contributed by atoms with Crippen LogP contribution in [0.5, 0.6) is 0 Å². The zero-order chi connectivity index (χ0) is 15.6. The van der Waals surface area contributed by atoms with Gasteiger partial charge in [-0.3, -0.25) is 4.90 Å². The number of rotatable bonds is 2. The van der Waals surface area contributed by atoms with Gasteiger partial charge in [-0.1, -0.05) is 16.8 Å². The third-order valence-corrected chi connectivity index (χ3v) is 4.22. The van der Waals surface area contributed by atoms with Gasteiger partial charge >= 0.3 is 0 Å². The van der Waals surface area contributed by atoms with Crippen molar-refractivity contribution in [3.63, 3.8) is 0 Å². The SMILES string of the molecule is CC(C)(C)N1CCN(c2ccc(C(N)=NO)cc2Cl)CC1. The molecule has 0 aromatic heterocycles. The highest BCUT2D eigenvalue weighted by Gasteiger charge is 2.26. The van der Waals surface area contributed by atoms with Gasteiger partial charge in [0.25, 0.3) is 0 Å². The first kappa shape index (κ1) is 15.9. The number of piperazine rings is 1. The van der Waals surface area contributed by atoms with Crippen molar-refractivity contribution >= 4 is 23.1 Å². The number of amidine groups is 1. The number of nitrogens with two attached hydrogens (primary N) is 1. The molecule has 0 radical (unpaired) electrons. The van der Waals surface area contributed by atoms with Crippen LogP contribution in [0.25, 0.3) is 0 Å². The van der Waals surface area contributed by atoms with Crippen LogP contribution in [-0.4, -0.2) is 47.7 Å². The Morgan fingerprint density at radius 1 is 1.24 bits per heavy atom. The molecule has 0 spiro atoms. The molecule has 0 saturated carbocycles. The highest BCUT2D eigenvalue weighted by atomic mass is 35.5. The van der Waals surface area contributed by atoms with Crippen LogP contribution in [0.3, 0.4) is 0 Å². The zero-order valence-corrected chi connectivity index (χ0v) is 13.6. The van der Waals surface area contributed by atoms with Crippen molar-refractivity contribution in [1.82, 2.24) is 4.90 Å². The first-order valence-electron chi connectivity index (χ1n) is 7.10. The fraction of sp³-hybridized carbons (Fsp3) is 0.533. The lowest BCUT2D eigenvalue weighted by atomic mass is 10.0. The van der Waals surface area contributed by atoms with Gasteiger partial charge in [0.1, 0.15) is 0 Å². The molecular formula is C15H23ClN4O. The van der Waals surface area contributed by atoms with E-state index in [1.165, 1.54) is 0 Å². The monoisotopic (exact) mass is 310 g/mol. The van der Waals surface area contributed by atoms with Crippen molar-refractivity contribution in [1.29, 1.82) is 0 Å². The Kier molecular flexibility index (Phi) is 4.64. The first-order chi connectivity index (χ1) is 9.82. The second kappa shape index (κ2) is 6.12. The minimum atomic E-state index is 0.0704. The van der Waals surface area contributed by atoms with E-state index in [2.05, 4.69) is 35.7 Å². The average Bonchev–Trinajstić information content (AvgIpc) is 2.45. The Labute approximate surface area is 131 Å². The molecule has 1 aliphatic heterocycles. The number of benzene rings is 1. The molecule has 0 amide bonds. The quantitative estimate of drug-likeness (QED) is 0.381. The number of anilines is 1. The van der Waals surface area contributed by atoms with Crippen LogP contribution in [0.4, 0.5) is 5.69 Å². The maximum atomic E-state index is 8.71. The molecule has 0 bridgehead atoms. The Bertz CT molecular complexity index is 531. The smallest absolute Gasteiger partial charge is 0.170 e. The Morgan fingerprint density at radius 3 is 2.33 bits per heavy atom. The number of nitrogens with zero attached hydrogens (tertiary/aromatic N) is 3. The summed E-state index contributed by atoms with van der Waals surface area (Å²) in [4.78, 5) is 4.75. The lowest BCUT2D eigenvalue weighted by Gasteiger charge is -2.43. The van der Waals surface area contributed by atoms with Gasteiger partial charge in [-0.05, 0) is 39.0 Å². The molecule has 1 saturated heterocycles. The maximum absolute atomic E-state index is 8.71. The van der Waals surface area contributed by atoms with Crippen LogP contribution in [0, 0.1) is 0 Å². The van der Waals surface area contributed by atoms with Gasteiger partial charge in [-0.15, -0.1) is 0 Å². The molecule has 5 nitrogen and oxygen atoms in total. The van der Waals surface area contributed by atoms with Gasteiger partial charge in [0, 0.05) is 37.3 Å². The molecule has 21 heavy (non-hydrogen) atoms. The zero-order valence-electron chi connectivity index (χ0n) is 12.8. The molecule has 1 aromatic carbocycles. The Balaban J connectivity index is 2.11. The fourth-order valence-electron chi connectivity index (χ4n) is 2.60. The number of hydrogen-bond donors (Lipinski definition) is 2. The van der Waals surface area contributed by atoms with Gasteiger partial charge in [-0.2, -0.15) is 0 Å². The van der Waals surface area contributed by atoms with Gasteiger partial charge in [-0.25, -0.2) is 0 Å². The van der Waals surface area contributed by atoms with E-state index in [4.69, 9.17) is 22.5 Å². The van der Waals surface area contributed by atoms with E-state index < -0.39 is 0 Å². The van der Waals surface area contributed by atoms with Crippen molar-refractivity contribution in [2.45, 2.75) is 26.3 Å². The minimum Gasteiger partial charge on any atom is -0.409 e. The molecular weight excluding hydrogens is 288 g/mol. The van der Waals surface area contributed by atoms with E-state index in [-0.39, 0.29) is 11.4 Å². The van der Waals surface area contributed by atoms with Crippen LogP contribution < -0.4 is 10.6 Å². The third kappa shape index (κ3) is 3.60. The van der Waals surface area contributed by atoms with Crippen LogP contribution in [0.1, 0.15) is 26.3 Å². The second-order valence-corrected chi connectivity index (χ2v) is 6.70. The summed E-state index contributed by atoms with van der Waals surface area (Å²) >= 11 is 6.34. The first-order valence-corrected chi connectivity index (χ1v) is 7.48. The lowest BCUT2D eigenvalue weighted by Crippen LogP contribution is -2.53. The third-order valence-electron chi connectivity index (χ3n) is 3.92. The van der Waals surface area contributed by atoms with Gasteiger partial charge in [0.15, 0.2) is 5.84 Å². The van der Waals surface area contributed by atoms with E-state index in [1.54, 1.807) is 6.07 Å². The summed E-state index contributed by atoms with van der Waals surface area (Å²) in [6, 6.07) is 5.50. The van der Waals surface area contributed by atoms with Crippen molar-refractivity contribution in [2.24, 2.45) is 10.9 Å². The molecule has 116 valence electrons. The summed E-state index contributed by atoms with van der Waals surface area (Å²) in [5.74, 6) is 0.0704. The molecule has 1 heterocycles. The van der Waals surface area contributed by atoms with Crippen molar-refractivity contribution < 1.29 is 5.21 Å². The van der Waals surface area contributed by atoms with E-state index in [0.29, 0.717) is 10.6 Å². The normalized spacial score (nSPS) is 18.1. The highest BCUT2D eigenvalue weighted by Crippen LogP contribution is 2.28. The number of oxime groups is 1. The molecule has 1 aromatic rings. The Morgan fingerprint density at radius 2 is 1.86 bits per heavy atom. The van der Waals surface area contributed by atoms with Crippen molar-refractivity contribution in [2.75, 3.05) is 31.1 Å². The molecule has 2 rings (SSSR count). The van der Waals surface area contributed by atoms with Gasteiger partial charge < -0.3 is 15.8 Å². The highest BCUT2D eigenvalue weighted by molar-refractivity contribution is 6.33. The number of hydrogen-bond acceptors (Lipinski definition) is 4.